The van der Waals surface area contributed by atoms with Gasteiger partial charge >= 0.3 is 5.97 Å². The molecular weight excluding hydrogens is 416 g/mol. The predicted octanol–water partition coefficient (Wildman–Crippen LogP) is 5.00. The second-order valence-corrected chi connectivity index (χ2v) is 7.71. The zero-order chi connectivity index (χ0) is 22.8. The first-order valence-electron chi connectivity index (χ1n) is 10.5. The Morgan fingerprint density at radius 3 is 2.76 bits per heavy atom. The van der Waals surface area contributed by atoms with E-state index in [2.05, 4.69) is 45.4 Å². The lowest BCUT2D eigenvalue weighted by molar-refractivity contribution is 0.0380. The van der Waals surface area contributed by atoms with Crippen LogP contribution in [0.15, 0.2) is 73.4 Å². The number of para-hydroxylation sites is 1. The van der Waals surface area contributed by atoms with Crippen molar-refractivity contribution in [2.75, 3.05) is 5.32 Å². The SMILES string of the molecule is Cc1cccc(Nc2ccccc2C(=O)OCn2ccc3c(-c4cn[nH]c4)ncnc32)c1C. The zero-order valence-electron chi connectivity index (χ0n) is 18.2. The molecule has 0 unspecified atom stereocenters. The van der Waals surface area contributed by atoms with Crippen molar-refractivity contribution >= 4 is 28.4 Å². The summed E-state index contributed by atoms with van der Waals surface area (Å²) in [5, 5.41) is 11.0. The average Bonchev–Trinajstić information content (AvgIpc) is 3.51. The highest BCUT2D eigenvalue weighted by molar-refractivity contribution is 5.96. The molecule has 0 aliphatic carbocycles. The van der Waals surface area contributed by atoms with Crippen LogP contribution in [0.3, 0.4) is 0 Å². The van der Waals surface area contributed by atoms with Gasteiger partial charge < -0.3 is 10.1 Å². The minimum absolute atomic E-state index is 0.0297. The molecule has 0 atom stereocenters. The fraction of sp³-hybridized carbons (Fsp3) is 0.120. The molecule has 8 heteroatoms. The molecule has 0 aliphatic heterocycles. The topological polar surface area (TPSA) is 97.7 Å². The van der Waals surface area contributed by atoms with Crippen LogP contribution in [0.1, 0.15) is 21.5 Å². The minimum atomic E-state index is -0.422. The van der Waals surface area contributed by atoms with Crippen LogP contribution in [-0.4, -0.2) is 30.7 Å². The Morgan fingerprint density at radius 1 is 1.06 bits per heavy atom. The lowest BCUT2D eigenvalue weighted by Gasteiger charge is -2.15. The number of benzene rings is 2. The molecule has 33 heavy (non-hydrogen) atoms. The van der Waals surface area contributed by atoms with Crippen molar-refractivity contribution in [3.05, 3.63) is 90.1 Å². The molecule has 3 heterocycles. The van der Waals surface area contributed by atoms with Gasteiger partial charge in [0, 0.05) is 29.0 Å². The summed E-state index contributed by atoms with van der Waals surface area (Å²) < 4.78 is 7.43. The maximum atomic E-state index is 13.0. The van der Waals surface area contributed by atoms with Crippen molar-refractivity contribution in [2.24, 2.45) is 0 Å². The van der Waals surface area contributed by atoms with Crippen molar-refractivity contribution in [3.63, 3.8) is 0 Å². The summed E-state index contributed by atoms with van der Waals surface area (Å²) in [4.78, 5) is 21.7. The summed E-state index contributed by atoms with van der Waals surface area (Å²) >= 11 is 0. The number of ether oxygens (including phenoxy) is 1. The molecule has 0 fully saturated rings. The number of aryl methyl sites for hydroxylation is 1. The Hall–Kier alpha value is -4.46. The van der Waals surface area contributed by atoms with Crippen molar-refractivity contribution in [3.8, 4) is 11.3 Å². The van der Waals surface area contributed by atoms with Gasteiger partial charge in [0.15, 0.2) is 6.73 Å². The zero-order valence-corrected chi connectivity index (χ0v) is 18.2. The summed E-state index contributed by atoms with van der Waals surface area (Å²) in [6.45, 7) is 4.14. The standard InChI is InChI=1S/C25H22N6O2/c1-16-6-5-9-21(17(16)2)30-22-8-4-3-7-19(22)25(32)33-15-31-11-10-20-23(18-12-28-29-13-18)26-14-27-24(20)31/h3-14,30H,15H2,1-2H3,(H,28,29). The molecule has 2 aromatic carbocycles. The van der Waals surface area contributed by atoms with Gasteiger partial charge in [-0.3, -0.25) is 9.67 Å². The second kappa shape index (κ2) is 8.58. The van der Waals surface area contributed by atoms with E-state index in [-0.39, 0.29) is 6.73 Å². The highest BCUT2D eigenvalue weighted by Gasteiger charge is 2.16. The third-order valence-corrected chi connectivity index (χ3v) is 5.68. The van der Waals surface area contributed by atoms with Gasteiger partial charge in [0.25, 0.3) is 0 Å². The second-order valence-electron chi connectivity index (χ2n) is 7.71. The van der Waals surface area contributed by atoms with Crippen LogP contribution < -0.4 is 5.32 Å². The van der Waals surface area contributed by atoms with Crippen LogP contribution in [-0.2, 0) is 11.5 Å². The molecule has 164 valence electrons. The number of esters is 1. The quantitative estimate of drug-likeness (QED) is 0.362. The molecule has 3 aromatic heterocycles. The molecule has 8 nitrogen and oxygen atoms in total. The molecule has 0 radical (unpaired) electrons. The summed E-state index contributed by atoms with van der Waals surface area (Å²) in [5.41, 5.74) is 6.72. The average molecular weight is 438 g/mol. The van der Waals surface area contributed by atoms with E-state index >= 15 is 0 Å². The number of H-pyrrole nitrogens is 1. The molecule has 0 amide bonds. The number of aromatic nitrogens is 5. The summed E-state index contributed by atoms with van der Waals surface area (Å²) in [6.07, 6.45) is 6.81. The fourth-order valence-corrected chi connectivity index (χ4v) is 3.73. The van der Waals surface area contributed by atoms with E-state index in [1.165, 1.54) is 11.9 Å². The number of fused-ring (bicyclic) bond motifs is 1. The Morgan fingerprint density at radius 2 is 1.91 bits per heavy atom. The Balaban J connectivity index is 1.37. The monoisotopic (exact) mass is 438 g/mol. The van der Waals surface area contributed by atoms with Gasteiger partial charge in [-0.05, 0) is 49.2 Å². The number of carbonyl (C=O) groups excluding carboxylic acids is 1. The van der Waals surface area contributed by atoms with Crippen molar-refractivity contribution in [2.45, 2.75) is 20.6 Å². The van der Waals surface area contributed by atoms with Crippen LogP contribution in [0.4, 0.5) is 11.4 Å². The molecule has 5 rings (SSSR count). The first-order chi connectivity index (χ1) is 16.1. The van der Waals surface area contributed by atoms with Gasteiger partial charge in [-0.15, -0.1) is 0 Å². The van der Waals surface area contributed by atoms with Gasteiger partial charge in [-0.1, -0.05) is 24.3 Å². The third-order valence-electron chi connectivity index (χ3n) is 5.68. The van der Waals surface area contributed by atoms with E-state index in [9.17, 15) is 4.79 Å². The lowest BCUT2D eigenvalue weighted by Crippen LogP contribution is -2.11. The van der Waals surface area contributed by atoms with Gasteiger partial charge in [0.05, 0.1) is 23.1 Å². The van der Waals surface area contributed by atoms with E-state index in [1.54, 1.807) is 23.0 Å². The number of nitrogens with one attached hydrogen (secondary N) is 2. The summed E-state index contributed by atoms with van der Waals surface area (Å²) in [7, 11) is 0. The molecule has 2 N–H and O–H groups in total. The van der Waals surface area contributed by atoms with Crippen LogP contribution >= 0.6 is 0 Å². The van der Waals surface area contributed by atoms with Gasteiger partial charge in [-0.2, -0.15) is 5.10 Å². The molecule has 0 saturated heterocycles. The van der Waals surface area contributed by atoms with E-state index in [0.717, 1.165) is 27.9 Å². The van der Waals surface area contributed by atoms with Gasteiger partial charge in [-0.25, -0.2) is 14.8 Å². The van der Waals surface area contributed by atoms with Gasteiger partial charge in [0.2, 0.25) is 0 Å². The van der Waals surface area contributed by atoms with Crippen LogP contribution in [0.25, 0.3) is 22.3 Å². The molecule has 5 aromatic rings. The normalized spacial score (nSPS) is 11.0. The number of anilines is 2. The number of hydrogen-bond donors (Lipinski definition) is 2. The van der Waals surface area contributed by atoms with Crippen molar-refractivity contribution in [1.82, 2.24) is 24.7 Å². The number of nitrogens with zero attached hydrogens (tertiary/aromatic N) is 4. The first-order valence-corrected chi connectivity index (χ1v) is 10.5. The number of aromatic amines is 1. The fourth-order valence-electron chi connectivity index (χ4n) is 3.73. The third kappa shape index (κ3) is 3.94. The Bertz CT molecular complexity index is 1440. The Kier molecular flexibility index (Phi) is 5.32. The molecule has 0 bridgehead atoms. The molecule has 0 saturated carbocycles. The number of carbonyl (C=O) groups is 1. The number of hydrogen-bond acceptors (Lipinski definition) is 6. The van der Waals surface area contributed by atoms with Crippen molar-refractivity contribution in [1.29, 1.82) is 0 Å². The molecule has 0 aliphatic rings. The maximum absolute atomic E-state index is 13.0. The highest BCUT2D eigenvalue weighted by Crippen LogP contribution is 2.27. The van der Waals surface area contributed by atoms with Crippen LogP contribution in [0, 0.1) is 13.8 Å². The van der Waals surface area contributed by atoms with E-state index in [1.807, 2.05) is 42.6 Å². The minimum Gasteiger partial charge on any atom is -0.440 e. The lowest BCUT2D eigenvalue weighted by atomic mass is 10.1. The summed E-state index contributed by atoms with van der Waals surface area (Å²) in [6, 6.07) is 15.3. The first kappa shape index (κ1) is 20.4. The number of rotatable bonds is 6. The molecular formula is C25H22N6O2. The van der Waals surface area contributed by atoms with E-state index in [4.69, 9.17) is 4.74 Å². The highest BCUT2D eigenvalue weighted by atomic mass is 16.5. The predicted molar refractivity (Wildman–Crippen MR) is 126 cm³/mol. The van der Waals surface area contributed by atoms with Crippen LogP contribution in [0.2, 0.25) is 0 Å². The van der Waals surface area contributed by atoms with E-state index < -0.39 is 5.97 Å². The Labute approximate surface area is 190 Å². The van der Waals surface area contributed by atoms with Crippen LogP contribution in [0.5, 0.6) is 0 Å². The molecule has 0 spiro atoms. The van der Waals surface area contributed by atoms with Gasteiger partial charge in [0.1, 0.15) is 12.0 Å². The maximum Gasteiger partial charge on any atom is 0.341 e. The van der Waals surface area contributed by atoms with Crippen molar-refractivity contribution < 1.29 is 9.53 Å². The largest absolute Gasteiger partial charge is 0.440 e. The van der Waals surface area contributed by atoms with E-state index in [0.29, 0.717) is 16.9 Å². The smallest absolute Gasteiger partial charge is 0.341 e. The summed E-state index contributed by atoms with van der Waals surface area (Å²) in [5.74, 6) is -0.422.